The topological polar surface area (TPSA) is 41.6 Å². The Hall–Kier alpha value is -2.47. The summed E-state index contributed by atoms with van der Waals surface area (Å²) in [4.78, 5) is 14.4. The van der Waals surface area contributed by atoms with Crippen LogP contribution in [-0.4, -0.2) is 35.1 Å². The van der Waals surface area contributed by atoms with Crippen LogP contribution >= 0.6 is 0 Å². The lowest BCUT2D eigenvalue weighted by atomic mass is 10.0. The van der Waals surface area contributed by atoms with Crippen LogP contribution in [0.3, 0.4) is 0 Å². The van der Waals surface area contributed by atoms with E-state index in [0.717, 1.165) is 18.1 Å². The molecule has 0 saturated heterocycles. The first-order chi connectivity index (χ1) is 14.5. The van der Waals surface area contributed by atoms with Crippen molar-refractivity contribution in [2.75, 3.05) is 6.54 Å². The quantitative estimate of drug-likeness (QED) is 0.499. The number of benzene rings is 2. The molecule has 0 aromatic heterocycles. The van der Waals surface area contributed by atoms with Crippen molar-refractivity contribution in [2.24, 2.45) is 0 Å². The van der Waals surface area contributed by atoms with Gasteiger partial charge in [-0.3, -0.25) is 4.90 Å². The van der Waals surface area contributed by atoms with Crippen LogP contribution in [0.2, 0.25) is 0 Å². The van der Waals surface area contributed by atoms with E-state index in [0.29, 0.717) is 13.1 Å². The number of amides is 1. The maximum Gasteiger partial charge on any atom is 0.407 e. The van der Waals surface area contributed by atoms with E-state index in [1.54, 1.807) is 20.8 Å². The van der Waals surface area contributed by atoms with Crippen LogP contribution in [0.15, 0.2) is 60.7 Å². The first kappa shape index (κ1) is 24.8. The molecule has 2 aromatic rings. The summed E-state index contributed by atoms with van der Waals surface area (Å²) in [5, 5.41) is 2.78. The monoisotopic (exact) mass is 432 g/mol. The maximum atomic E-state index is 13.7. The summed E-state index contributed by atoms with van der Waals surface area (Å²) in [6, 6.07) is 19.5. The predicted octanol–water partition coefficient (Wildman–Crippen LogP) is 6.02. The van der Waals surface area contributed by atoms with E-state index in [4.69, 9.17) is 4.74 Å². The Morgan fingerprint density at radius 1 is 0.935 bits per heavy atom. The Kier molecular flexibility index (Phi) is 8.99. The van der Waals surface area contributed by atoms with Crippen molar-refractivity contribution < 1.29 is 18.3 Å². The van der Waals surface area contributed by atoms with Crippen molar-refractivity contribution in [3.8, 4) is 0 Å². The lowest BCUT2D eigenvalue weighted by molar-refractivity contribution is 0.00119. The molecule has 4 nitrogen and oxygen atoms in total. The molecule has 0 radical (unpaired) electrons. The van der Waals surface area contributed by atoms with Crippen molar-refractivity contribution >= 4 is 6.09 Å². The van der Waals surface area contributed by atoms with Crippen LogP contribution in [0.1, 0.15) is 51.7 Å². The minimum absolute atomic E-state index is 0.227. The highest BCUT2D eigenvalue weighted by Crippen LogP contribution is 2.24. The molecule has 6 heteroatoms. The van der Waals surface area contributed by atoms with E-state index in [-0.39, 0.29) is 25.4 Å². The van der Waals surface area contributed by atoms with Gasteiger partial charge >= 0.3 is 6.09 Å². The van der Waals surface area contributed by atoms with Gasteiger partial charge in [-0.2, -0.15) is 0 Å². The van der Waals surface area contributed by atoms with Crippen LogP contribution in [0, 0.1) is 0 Å². The average Bonchev–Trinajstić information content (AvgIpc) is 2.67. The number of nitrogens with one attached hydrogen (secondary N) is 1. The van der Waals surface area contributed by atoms with E-state index >= 15 is 0 Å². The molecule has 1 atom stereocenters. The molecule has 0 fully saturated rings. The third kappa shape index (κ3) is 10.4. The molecule has 0 saturated carbocycles. The van der Waals surface area contributed by atoms with E-state index < -0.39 is 17.6 Å². The maximum absolute atomic E-state index is 13.7. The van der Waals surface area contributed by atoms with Crippen molar-refractivity contribution in [3.63, 3.8) is 0 Å². The van der Waals surface area contributed by atoms with E-state index in [9.17, 15) is 13.6 Å². The van der Waals surface area contributed by atoms with Gasteiger partial charge in [0, 0.05) is 32.1 Å². The molecular weight excluding hydrogens is 398 g/mol. The zero-order valence-electron chi connectivity index (χ0n) is 18.9. The van der Waals surface area contributed by atoms with Gasteiger partial charge in [0.15, 0.2) is 0 Å². The second kappa shape index (κ2) is 11.2. The van der Waals surface area contributed by atoms with E-state index in [2.05, 4.69) is 10.2 Å². The second-order valence-electron chi connectivity index (χ2n) is 9.02. The number of ether oxygens (including phenoxy) is 1. The van der Waals surface area contributed by atoms with Gasteiger partial charge in [0.1, 0.15) is 5.60 Å². The molecule has 0 spiro atoms. The number of carbonyl (C=O) groups excluding carboxylic acids is 1. The van der Waals surface area contributed by atoms with Crippen LogP contribution in [0.5, 0.6) is 0 Å². The summed E-state index contributed by atoms with van der Waals surface area (Å²) < 4.78 is 32.7. The minimum atomic E-state index is -2.77. The lowest BCUT2D eigenvalue weighted by Crippen LogP contribution is -2.45. The molecule has 1 unspecified atom stereocenters. The fourth-order valence-electron chi connectivity index (χ4n) is 3.30. The molecule has 1 N–H and O–H groups in total. The van der Waals surface area contributed by atoms with Crippen molar-refractivity contribution in [2.45, 2.75) is 71.2 Å². The molecule has 0 aliphatic carbocycles. The number of hydrogen-bond acceptors (Lipinski definition) is 3. The van der Waals surface area contributed by atoms with Gasteiger partial charge in [0.25, 0.3) is 0 Å². The minimum Gasteiger partial charge on any atom is -0.444 e. The highest BCUT2D eigenvalue weighted by Gasteiger charge is 2.27. The summed E-state index contributed by atoms with van der Waals surface area (Å²) in [5.74, 6) is -2.77. The molecule has 0 bridgehead atoms. The van der Waals surface area contributed by atoms with Gasteiger partial charge in [-0.1, -0.05) is 60.7 Å². The first-order valence-corrected chi connectivity index (χ1v) is 10.7. The van der Waals surface area contributed by atoms with Gasteiger partial charge in [-0.05, 0) is 45.2 Å². The fraction of sp³-hybridized carbons (Fsp3) is 0.480. The normalized spacial score (nSPS) is 13.1. The average molecular weight is 433 g/mol. The summed E-state index contributed by atoms with van der Waals surface area (Å²) >= 11 is 0. The standard InChI is InChI=1S/C25H34F2N2O2/c1-24(2,3)31-23(30)28-17-22(15-16-25(4,26)27)29(18-20-11-7-5-8-12-20)19-21-13-9-6-10-14-21/h5-14,22H,15-19H2,1-4H3,(H,28,30). The molecule has 2 rings (SSSR count). The molecule has 31 heavy (non-hydrogen) atoms. The van der Waals surface area contributed by atoms with Crippen LogP contribution in [0.4, 0.5) is 13.6 Å². The summed E-state index contributed by atoms with van der Waals surface area (Å²) in [6.07, 6.45) is -0.549. The molecule has 0 aliphatic rings. The highest BCUT2D eigenvalue weighted by atomic mass is 19.3. The van der Waals surface area contributed by atoms with Gasteiger partial charge in [-0.15, -0.1) is 0 Å². The van der Waals surface area contributed by atoms with Crippen LogP contribution in [0.25, 0.3) is 0 Å². The van der Waals surface area contributed by atoms with E-state index in [1.165, 1.54) is 0 Å². The number of rotatable bonds is 10. The molecule has 170 valence electrons. The molecular formula is C25H34F2N2O2. The number of alkyl carbamates (subject to hydrolysis) is 1. The summed E-state index contributed by atoms with van der Waals surface area (Å²) in [7, 11) is 0. The summed E-state index contributed by atoms with van der Waals surface area (Å²) in [5.41, 5.74) is 1.55. The Labute approximate surface area is 184 Å². The number of alkyl halides is 2. The van der Waals surface area contributed by atoms with Crippen molar-refractivity contribution in [1.29, 1.82) is 0 Å². The van der Waals surface area contributed by atoms with E-state index in [1.807, 2.05) is 60.7 Å². The number of halogens is 2. The molecule has 0 heterocycles. The van der Waals surface area contributed by atoms with Gasteiger partial charge < -0.3 is 10.1 Å². The molecule has 2 aromatic carbocycles. The summed E-state index contributed by atoms with van der Waals surface area (Å²) in [6.45, 7) is 7.71. The zero-order chi connectivity index (χ0) is 22.9. The van der Waals surface area contributed by atoms with Gasteiger partial charge in [0.05, 0.1) is 0 Å². The second-order valence-corrected chi connectivity index (χ2v) is 9.02. The third-order valence-electron chi connectivity index (χ3n) is 4.77. The Bertz CT molecular complexity index is 745. The fourth-order valence-corrected chi connectivity index (χ4v) is 3.30. The van der Waals surface area contributed by atoms with Crippen LogP contribution in [-0.2, 0) is 17.8 Å². The Balaban J connectivity index is 2.20. The SMILES string of the molecule is CC(F)(F)CCC(CNC(=O)OC(C)(C)C)N(Cc1ccccc1)Cc1ccccc1. The Morgan fingerprint density at radius 2 is 1.42 bits per heavy atom. The molecule has 1 amide bonds. The molecule has 0 aliphatic heterocycles. The zero-order valence-corrected chi connectivity index (χ0v) is 18.9. The van der Waals surface area contributed by atoms with Crippen LogP contribution < -0.4 is 5.32 Å². The Morgan fingerprint density at radius 3 is 1.84 bits per heavy atom. The lowest BCUT2D eigenvalue weighted by Gasteiger charge is -2.33. The number of carbonyl (C=O) groups is 1. The largest absolute Gasteiger partial charge is 0.444 e. The van der Waals surface area contributed by atoms with Gasteiger partial charge in [0.2, 0.25) is 5.92 Å². The van der Waals surface area contributed by atoms with Crippen molar-refractivity contribution in [1.82, 2.24) is 10.2 Å². The number of hydrogen-bond donors (Lipinski definition) is 1. The first-order valence-electron chi connectivity index (χ1n) is 10.7. The van der Waals surface area contributed by atoms with Crippen molar-refractivity contribution in [3.05, 3.63) is 71.8 Å². The number of nitrogens with zero attached hydrogens (tertiary/aromatic N) is 1. The smallest absolute Gasteiger partial charge is 0.407 e. The predicted molar refractivity (Wildman–Crippen MR) is 120 cm³/mol. The third-order valence-corrected chi connectivity index (χ3v) is 4.77. The van der Waals surface area contributed by atoms with Gasteiger partial charge in [-0.25, -0.2) is 13.6 Å². The highest BCUT2D eigenvalue weighted by molar-refractivity contribution is 5.67.